The first kappa shape index (κ1) is 12.2. The van der Waals surface area contributed by atoms with E-state index in [1.54, 1.807) is 0 Å². The van der Waals surface area contributed by atoms with Crippen LogP contribution in [0.1, 0.15) is 33.8 Å². The molecule has 0 heteroatoms. The Morgan fingerprint density at radius 1 is 1.00 bits per heavy atom. The van der Waals surface area contributed by atoms with Gasteiger partial charge >= 0.3 is 0 Å². The van der Waals surface area contributed by atoms with Crippen molar-refractivity contribution < 1.29 is 0 Å². The summed E-state index contributed by atoms with van der Waals surface area (Å²) >= 11 is 0. The van der Waals surface area contributed by atoms with E-state index in [-0.39, 0.29) is 7.43 Å². The summed E-state index contributed by atoms with van der Waals surface area (Å²) in [6.07, 6.45) is 1.21. The van der Waals surface area contributed by atoms with E-state index >= 15 is 0 Å². The second kappa shape index (κ2) is 5.80. The lowest BCUT2D eigenvalue weighted by Gasteiger charge is -2.14. The van der Waals surface area contributed by atoms with E-state index in [0.29, 0.717) is 0 Å². The molecule has 0 aliphatic carbocycles. The highest BCUT2D eigenvalue weighted by molar-refractivity contribution is 5.15. The first-order chi connectivity index (χ1) is 5.70. The summed E-state index contributed by atoms with van der Waals surface area (Å²) in [7, 11) is 0. The van der Waals surface area contributed by atoms with Gasteiger partial charge in [0.1, 0.15) is 0 Å². The van der Waals surface area contributed by atoms with Crippen LogP contribution in [0.5, 0.6) is 0 Å². The molecule has 0 radical (unpaired) electrons. The van der Waals surface area contributed by atoms with Crippen molar-refractivity contribution in [1.82, 2.24) is 0 Å². The summed E-state index contributed by atoms with van der Waals surface area (Å²) in [5, 5.41) is 0. The third-order valence-corrected chi connectivity index (χ3v) is 2.54. The summed E-state index contributed by atoms with van der Waals surface area (Å²) in [4.78, 5) is 0. The Labute approximate surface area is 83.0 Å². The summed E-state index contributed by atoms with van der Waals surface area (Å²) in [5.41, 5.74) is 1.46. The van der Waals surface area contributed by atoms with Crippen molar-refractivity contribution in [3.05, 3.63) is 35.9 Å². The van der Waals surface area contributed by atoms with Crippen LogP contribution in [0, 0.1) is 11.8 Å². The molecule has 0 aliphatic rings. The number of benzene rings is 1. The van der Waals surface area contributed by atoms with E-state index in [1.165, 1.54) is 12.0 Å². The first-order valence-corrected chi connectivity index (χ1v) is 4.74. The molecule has 1 aromatic rings. The van der Waals surface area contributed by atoms with E-state index in [4.69, 9.17) is 0 Å². The van der Waals surface area contributed by atoms with Gasteiger partial charge in [-0.2, -0.15) is 0 Å². The van der Waals surface area contributed by atoms with Crippen LogP contribution in [-0.4, -0.2) is 0 Å². The molecule has 0 fully saturated rings. The van der Waals surface area contributed by atoms with E-state index in [0.717, 1.165) is 11.8 Å². The monoisotopic (exact) mass is 178 g/mol. The molecule has 1 unspecified atom stereocenters. The minimum atomic E-state index is 0. The van der Waals surface area contributed by atoms with Crippen molar-refractivity contribution >= 4 is 0 Å². The molecule has 0 aromatic heterocycles. The molecule has 13 heavy (non-hydrogen) atoms. The molecule has 1 aromatic carbocycles. The molecule has 0 saturated carbocycles. The fourth-order valence-corrected chi connectivity index (χ4v) is 1.22. The third-order valence-electron chi connectivity index (χ3n) is 2.54. The van der Waals surface area contributed by atoms with Gasteiger partial charge in [0.15, 0.2) is 0 Å². The van der Waals surface area contributed by atoms with Crippen molar-refractivity contribution in [1.29, 1.82) is 0 Å². The van der Waals surface area contributed by atoms with Crippen LogP contribution < -0.4 is 0 Å². The minimum Gasteiger partial charge on any atom is -0.0776 e. The van der Waals surface area contributed by atoms with Gasteiger partial charge in [0, 0.05) is 0 Å². The standard InChI is InChI=1S/C12H18.CH4/c1-10(2)11(3)9-12-7-5-4-6-8-12;/h4-8,10-11H,9H2,1-3H3;1H4. The first-order valence-electron chi connectivity index (χ1n) is 4.74. The van der Waals surface area contributed by atoms with Gasteiger partial charge in [0.2, 0.25) is 0 Å². The van der Waals surface area contributed by atoms with Gasteiger partial charge in [-0.15, -0.1) is 0 Å². The normalized spacial score (nSPS) is 12.3. The molecule has 0 spiro atoms. The van der Waals surface area contributed by atoms with Crippen molar-refractivity contribution in [2.75, 3.05) is 0 Å². The van der Waals surface area contributed by atoms with E-state index in [1.807, 2.05) is 0 Å². The third kappa shape index (κ3) is 4.12. The van der Waals surface area contributed by atoms with Crippen LogP contribution in [-0.2, 0) is 6.42 Å². The number of rotatable bonds is 3. The van der Waals surface area contributed by atoms with Gasteiger partial charge in [-0.1, -0.05) is 58.5 Å². The van der Waals surface area contributed by atoms with Crippen molar-refractivity contribution in [3.63, 3.8) is 0 Å². The second-order valence-electron chi connectivity index (χ2n) is 3.91. The quantitative estimate of drug-likeness (QED) is 0.652. The summed E-state index contributed by atoms with van der Waals surface area (Å²) in [6, 6.07) is 10.7. The largest absolute Gasteiger partial charge is 0.0776 e. The van der Waals surface area contributed by atoms with Gasteiger partial charge in [0.25, 0.3) is 0 Å². The minimum absolute atomic E-state index is 0. The number of hydrogen-bond acceptors (Lipinski definition) is 0. The molecule has 74 valence electrons. The fourth-order valence-electron chi connectivity index (χ4n) is 1.22. The lowest BCUT2D eigenvalue weighted by atomic mass is 9.91. The Balaban J connectivity index is 0.00000144. The summed E-state index contributed by atoms with van der Waals surface area (Å²) in [6.45, 7) is 6.89. The predicted molar refractivity (Wildman–Crippen MR) is 60.9 cm³/mol. The van der Waals surface area contributed by atoms with E-state index in [2.05, 4.69) is 51.1 Å². The van der Waals surface area contributed by atoms with Crippen LogP contribution >= 0.6 is 0 Å². The van der Waals surface area contributed by atoms with Gasteiger partial charge in [0.05, 0.1) is 0 Å². The van der Waals surface area contributed by atoms with E-state index < -0.39 is 0 Å². The highest BCUT2D eigenvalue weighted by Crippen LogP contribution is 2.15. The molecule has 0 aliphatic heterocycles. The Kier molecular flexibility index (Phi) is 5.45. The molecule has 0 nitrogen and oxygen atoms in total. The van der Waals surface area contributed by atoms with Crippen LogP contribution in [0.15, 0.2) is 30.3 Å². The van der Waals surface area contributed by atoms with E-state index in [9.17, 15) is 0 Å². The Hall–Kier alpha value is -0.780. The maximum atomic E-state index is 2.32. The zero-order valence-corrected chi connectivity index (χ0v) is 8.25. The smallest absolute Gasteiger partial charge is 0.0251 e. The van der Waals surface area contributed by atoms with Crippen molar-refractivity contribution in [2.45, 2.75) is 34.6 Å². The highest BCUT2D eigenvalue weighted by Gasteiger charge is 2.06. The fraction of sp³-hybridized carbons (Fsp3) is 0.538. The van der Waals surface area contributed by atoms with Crippen molar-refractivity contribution in [3.8, 4) is 0 Å². The lowest BCUT2D eigenvalue weighted by molar-refractivity contribution is 0.417. The van der Waals surface area contributed by atoms with Gasteiger partial charge in [-0.25, -0.2) is 0 Å². The summed E-state index contributed by atoms with van der Waals surface area (Å²) in [5.74, 6) is 1.57. The lowest BCUT2D eigenvalue weighted by Crippen LogP contribution is -2.06. The molecule has 0 bridgehead atoms. The Morgan fingerprint density at radius 3 is 2.00 bits per heavy atom. The highest BCUT2D eigenvalue weighted by atomic mass is 14.1. The average molecular weight is 178 g/mol. The Morgan fingerprint density at radius 2 is 1.54 bits per heavy atom. The molecule has 0 saturated heterocycles. The Bertz CT molecular complexity index is 211. The second-order valence-corrected chi connectivity index (χ2v) is 3.91. The zero-order valence-electron chi connectivity index (χ0n) is 8.25. The maximum Gasteiger partial charge on any atom is -0.0251 e. The van der Waals surface area contributed by atoms with Crippen LogP contribution in [0.2, 0.25) is 0 Å². The SMILES string of the molecule is C.CC(C)C(C)Cc1ccccc1. The van der Waals surface area contributed by atoms with Gasteiger partial charge < -0.3 is 0 Å². The molecule has 0 heterocycles. The van der Waals surface area contributed by atoms with Crippen LogP contribution in [0.4, 0.5) is 0 Å². The van der Waals surface area contributed by atoms with Crippen LogP contribution in [0.25, 0.3) is 0 Å². The maximum absolute atomic E-state index is 2.32. The molecular formula is C13H22. The predicted octanol–water partition coefficient (Wildman–Crippen LogP) is 4.16. The zero-order chi connectivity index (χ0) is 8.97. The van der Waals surface area contributed by atoms with Crippen molar-refractivity contribution in [2.24, 2.45) is 11.8 Å². The van der Waals surface area contributed by atoms with Gasteiger partial charge in [-0.05, 0) is 23.8 Å². The number of hydrogen-bond donors (Lipinski definition) is 0. The molecule has 0 amide bonds. The molecular weight excluding hydrogens is 156 g/mol. The molecule has 1 rings (SSSR count). The molecule has 0 N–H and O–H groups in total. The topological polar surface area (TPSA) is 0 Å². The molecule has 1 atom stereocenters. The summed E-state index contributed by atoms with van der Waals surface area (Å²) < 4.78 is 0. The van der Waals surface area contributed by atoms with Crippen LogP contribution in [0.3, 0.4) is 0 Å². The average Bonchev–Trinajstić information content (AvgIpc) is 2.06. The van der Waals surface area contributed by atoms with Gasteiger partial charge in [-0.3, -0.25) is 0 Å².